The summed E-state index contributed by atoms with van der Waals surface area (Å²) < 4.78 is 1.18. The number of carbonyl (C=O) groups is 1. The Morgan fingerprint density at radius 3 is 2.77 bits per heavy atom. The van der Waals surface area contributed by atoms with Crippen molar-refractivity contribution in [2.45, 2.75) is 11.8 Å². The number of nitrogens with zero attached hydrogens (tertiary/aromatic N) is 1. The van der Waals surface area contributed by atoms with E-state index in [2.05, 4.69) is 0 Å². The summed E-state index contributed by atoms with van der Waals surface area (Å²) in [5.74, 6) is 0. The maximum atomic E-state index is 10.5. The molecular weight excluding hydrogens is 186 g/mol. The van der Waals surface area contributed by atoms with Gasteiger partial charge in [-0.2, -0.15) is 0 Å². The average molecular weight is 197 g/mol. The molecule has 0 aromatic heterocycles. The Kier molecular flexibility index (Phi) is 3.19. The number of hydrogen-bond acceptors (Lipinski definition) is 2. The van der Waals surface area contributed by atoms with E-state index in [0.717, 1.165) is 10.5 Å². The van der Waals surface area contributed by atoms with Crippen molar-refractivity contribution in [3.05, 3.63) is 29.8 Å². The van der Waals surface area contributed by atoms with Gasteiger partial charge in [0.1, 0.15) is 0 Å². The molecule has 0 atom stereocenters. The van der Waals surface area contributed by atoms with Crippen molar-refractivity contribution in [2.24, 2.45) is 0 Å². The van der Waals surface area contributed by atoms with Crippen LogP contribution in [0.25, 0.3) is 0 Å². The molecule has 0 bridgehead atoms. The molecule has 1 amide bonds. The lowest BCUT2D eigenvalue weighted by atomic mass is 10.2. The van der Waals surface area contributed by atoms with Crippen molar-refractivity contribution in [3.8, 4) is 0 Å². The molecule has 0 aliphatic rings. The second-order valence-corrected chi connectivity index (χ2v) is 3.89. The number of rotatable bonds is 2. The molecule has 0 spiro atoms. The van der Waals surface area contributed by atoms with Crippen LogP contribution in [0.4, 0.5) is 4.79 Å². The van der Waals surface area contributed by atoms with Gasteiger partial charge in [-0.25, -0.2) is 4.79 Å². The van der Waals surface area contributed by atoms with Gasteiger partial charge in [-0.15, -0.1) is 0 Å². The highest BCUT2D eigenvalue weighted by molar-refractivity contribution is 7.97. The predicted molar refractivity (Wildman–Crippen MR) is 52.8 cm³/mol. The molecule has 1 aromatic carbocycles. The van der Waals surface area contributed by atoms with Crippen LogP contribution in [0.1, 0.15) is 5.56 Å². The fourth-order valence-electron chi connectivity index (χ4n) is 0.869. The van der Waals surface area contributed by atoms with Crippen molar-refractivity contribution in [1.82, 2.24) is 4.31 Å². The first-order valence-electron chi connectivity index (χ1n) is 3.81. The molecule has 0 unspecified atom stereocenters. The highest BCUT2D eigenvalue weighted by Crippen LogP contribution is 2.21. The minimum Gasteiger partial charge on any atom is -0.464 e. The lowest BCUT2D eigenvalue weighted by molar-refractivity contribution is 0.181. The quantitative estimate of drug-likeness (QED) is 0.741. The van der Waals surface area contributed by atoms with Crippen LogP contribution >= 0.6 is 11.9 Å². The number of benzene rings is 1. The fourth-order valence-corrected chi connectivity index (χ4v) is 1.64. The third-order valence-corrected chi connectivity index (χ3v) is 2.40. The maximum absolute atomic E-state index is 10.5. The highest BCUT2D eigenvalue weighted by atomic mass is 32.2. The standard InChI is InChI=1S/C9H11NO2S/c1-7-4-3-5-8(6-7)13-10(2)9(11)12/h3-6H,1-2H3,(H,11,12). The molecule has 0 fully saturated rings. The van der Waals surface area contributed by atoms with Gasteiger partial charge in [-0.05, 0) is 36.6 Å². The summed E-state index contributed by atoms with van der Waals surface area (Å²) in [5.41, 5.74) is 1.13. The first-order valence-corrected chi connectivity index (χ1v) is 4.58. The van der Waals surface area contributed by atoms with Gasteiger partial charge >= 0.3 is 6.09 Å². The van der Waals surface area contributed by atoms with E-state index < -0.39 is 6.09 Å². The van der Waals surface area contributed by atoms with Crippen LogP contribution in [0, 0.1) is 6.92 Å². The molecule has 0 aliphatic carbocycles. The lowest BCUT2D eigenvalue weighted by Gasteiger charge is -2.10. The molecule has 1 rings (SSSR count). The molecule has 0 heterocycles. The number of carboxylic acid groups (broad SMARTS) is 1. The normalized spacial score (nSPS) is 9.69. The Morgan fingerprint density at radius 1 is 1.54 bits per heavy atom. The van der Waals surface area contributed by atoms with Gasteiger partial charge in [0.2, 0.25) is 0 Å². The van der Waals surface area contributed by atoms with E-state index in [1.807, 2.05) is 31.2 Å². The van der Waals surface area contributed by atoms with Crippen molar-refractivity contribution < 1.29 is 9.90 Å². The number of aryl methyl sites for hydroxylation is 1. The summed E-state index contributed by atoms with van der Waals surface area (Å²) in [5, 5.41) is 8.62. The largest absolute Gasteiger partial charge is 0.464 e. The molecule has 1 N–H and O–H groups in total. The number of hydrogen-bond donors (Lipinski definition) is 1. The summed E-state index contributed by atoms with van der Waals surface area (Å²) in [6.07, 6.45) is -0.938. The van der Waals surface area contributed by atoms with Gasteiger partial charge in [0.25, 0.3) is 0 Å². The zero-order chi connectivity index (χ0) is 9.84. The second kappa shape index (κ2) is 4.18. The van der Waals surface area contributed by atoms with E-state index >= 15 is 0 Å². The topological polar surface area (TPSA) is 40.5 Å². The molecule has 3 nitrogen and oxygen atoms in total. The molecule has 0 saturated carbocycles. The molecule has 1 aromatic rings. The predicted octanol–water partition coefficient (Wildman–Crippen LogP) is 2.61. The maximum Gasteiger partial charge on any atom is 0.417 e. The first kappa shape index (κ1) is 9.92. The minimum atomic E-state index is -0.938. The van der Waals surface area contributed by atoms with Gasteiger partial charge in [-0.1, -0.05) is 12.1 Å². The summed E-state index contributed by atoms with van der Waals surface area (Å²) in [4.78, 5) is 11.4. The molecule has 4 heteroatoms. The minimum absolute atomic E-state index is 0.935. The van der Waals surface area contributed by atoms with Crippen molar-refractivity contribution >= 4 is 18.0 Å². The van der Waals surface area contributed by atoms with Crippen LogP contribution in [0.3, 0.4) is 0 Å². The number of amides is 1. The summed E-state index contributed by atoms with van der Waals surface area (Å²) in [7, 11) is 1.52. The van der Waals surface area contributed by atoms with Crippen LogP contribution in [0.5, 0.6) is 0 Å². The zero-order valence-electron chi connectivity index (χ0n) is 7.52. The van der Waals surface area contributed by atoms with Gasteiger partial charge < -0.3 is 5.11 Å². The summed E-state index contributed by atoms with van der Waals surface area (Å²) >= 11 is 1.20. The Labute approximate surface area is 81.5 Å². The Hall–Kier alpha value is -1.16. The molecule has 0 aliphatic heterocycles. The molecule has 13 heavy (non-hydrogen) atoms. The summed E-state index contributed by atoms with van der Waals surface area (Å²) in [6.45, 7) is 1.98. The van der Waals surface area contributed by atoms with Crippen LogP contribution in [0.2, 0.25) is 0 Å². The Bertz CT molecular complexity index is 314. The molecular formula is C9H11NO2S. The molecule has 70 valence electrons. The SMILES string of the molecule is Cc1cccc(SN(C)C(=O)O)c1. The van der Waals surface area contributed by atoms with Gasteiger partial charge in [0.15, 0.2) is 0 Å². The van der Waals surface area contributed by atoms with Gasteiger partial charge in [0.05, 0.1) is 0 Å². The van der Waals surface area contributed by atoms with E-state index in [1.54, 1.807) is 0 Å². The highest BCUT2D eigenvalue weighted by Gasteiger charge is 2.06. The van der Waals surface area contributed by atoms with Crippen LogP contribution in [-0.4, -0.2) is 22.6 Å². The van der Waals surface area contributed by atoms with E-state index in [9.17, 15) is 4.79 Å². The van der Waals surface area contributed by atoms with E-state index in [1.165, 1.54) is 23.3 Å². The Morgan fingerprint density at radius 2 is 2.23 bits per heavy atom. The smallest absolute Gasteiger partial charge is 0.417 e. The average Bonchev–Trinajstić information content (AvgIpc) is 2.04. The third kappa shape index (κ3) is 2.99. The van der Waals surface area contributed by atoms with Crippen LogP contribution in [0.15, 0.2) is 29.2 Å². The van der Waals surface area contributed by atoms with Crippen LogP contribution in [-0.2, 0) is 0 Å². The second-order valence-electron chi connectivity index (χ2n) is 2.69. The van der Waals surface area contributed by atoms with Gasteiger partial charge in [0, 0.05) is 11.9 Å². The van der Waals surface area contributed by atoms with Crippen LogP contribution < -0.4 is 0 Å². The van der Waals surface area contributed by atoms with E-state index in [-0.39, 0.29) is 0 Å². The zero-order valence-corrected chi connectivity index (χ0v) is 8.34. The van der Waals surface area contributed by atoms with Crippen molar-refractivity contribution in [2.75, 3.05) is 7.05 Å². The van der Waals surface area contributed by atoms with Crippen molar-refractivity contribution in [1.29, 1.82) is 0 Å². The molecule has 0 saturated heterocycles. The fraction of sp³-hybridized carbons (Fsp3) is 0.222. The van der Waals surface area contributed by atoms with E-state index in [0.29, 0.717) is 0 Å². The summed E-state index contributed by atoms with van der Waals surface area (Å²) in [6, 6.07) is 7.72. The third-order valence-electron chi connectivity index (χ3n) is 1.50. The van der Waals surface area contributed by atoms with Crippen molar-refractivity contribution in [3.63, 3.8) is 0 Å². The van der Waals surface area contributed by atoms with Gasteiger partial charge in [-0.3, -0.25) is 4.31 Å². The lowest BCUT2D eigenvalue weighted by Crippen LogP contribution is -2.15. The monoisotopic (exact) mass is 197 g/mol. The first-order chi connectivity index (χ1) is 6.09. The molecule has 0 radical (unpaired) electrons. The Balaban J connectivity index is 2.69. The van der Waals surface area contributed by atoms with E-state index in [4.69, 9.17) is 5.11 Å².